The van der Waals surface area contributed by atoms with Crippen LogP contribution in [-0.2, 0) is 6.42 Å². The first kappa shape index (κ1) is 14.9. The lowest BCUT2D eigenvalue weighted by atomic mass is 9.99. The van der Waals surface area contributed by atoms with Crippen LogP contribution in [0, 0.1) is 5.92 Å². The Kier molecular flexibility index (Phi) is 5.79. The second-order valence-corrected chi connectivity index (χ2v) is 6.95. The third-order valence-corrected chi connectivity index (χ3v) is 4.78. The van der Waals surface area contributed by atoms with Gasteiger partial charge in [0.25, 0.3) is 0 Å². The summed E-state index contributed by atoms with van der Waals surface area (Å²) in [7, 11) is 0. The van der Waals surface area contributed by atoms with Gasteiger partial charge in [-0.05, 0) is 18.8 Å². The molecule has 2 unspecified atom stereocenters. The normalized spacial score (nSPS) is 25.1. The van der Waals surface area contributed by atoms with E-state index < -0.39 is 0 Å². The molecule has 108 valence electrons. The largest absolute Gasteiger partial charge is 0.311 e. The molecular weight excluding hydrogens is 254 g/mol. The molecule has 1 aliphatic rings. The fraction of sp³-hybridized carbons (Fsp3) is 0.800. The molecule has 4 heteroatoms. The number of hydrogen-bond donors (Lipinski definition) is 1. The van der Waals surface area contributed by atoms with Gasteiger partial charge in [0.05, 0.1) is 5.01 Å². The molecular formula is C15H27N3S. The van der Waals surface area contributed by atoms with Crippen LogP contribution in [0.3, 0.4) is 0 Å². The number of aromatic nitrogens is 1. The van der Waals surface area contributed by atoms with E-state index in [9.17, 15) is 0 Å². The van der Waals surface area contributed by atoms with Crippen molar-refractivity contribution in [2.24, 2.45) is 5.92 Å². The van der Waals surface area contributed by atoms with E-state index in [0.717, 1.165) is 25.4 Å². The summed E-state index contributed by atoms with van der Waals surface area (Å²) < 4.78 is 0. The molecule has 1 N–H and O–H groups in total. The van der Waals surface area contributed by atoms with Crippen molar-refractivity contribution in [3.63, 3.8) is 0 Å². The minimum Gasteiger partial charge on any atom is -0.311 e. The Hall–Kier alpha value is -0.450. The Balaban J connectivity index is 1.86. The van der Waals surface area contributed by atoms with Crippen LogP contribution in [0.15, 0.2) is 11.6 Å². The summed E-state index contributed by atoms with van der Waals surface area (Å²) in [5.41, 5.74) is 0. The summed E-state index contributed by atoms with van der Waals surface area (Å²) in [5, 5.41) is 7.07. The predicted octanol–water partition coefficient (Wildman–Crippen LogP) is 2.78. The number of nitrogens with zero attached hydrogens (tertiary/aromatic N) is 2. The molecule has 0 amide bonds. The third kappa shape index (κ3) is 4.55. The maximum atomic E-state index is 4.40. The quantitative estimate of drug-likeness (QED) is 0.869. The van der Waals surface area contributed by atoms with Crippen LogP contribution in [0.1, 0.15) is 38.6 Å². The SMILES string of the molecule is CCC1CNC(CC(C)C)CN1CCc1nccs1. The highest BCUT2D eigenvalue weighted by Crippen LogP contribution is 2.16. The zero-order valence-corrected chi connectivity index (χ0v) is 13.2. The highest BCUT2D eigenvalue weighted by atomic mass is 32.1. The monoisotopic (exact) mass is 281 g/mol. The molecule has 2 heterocycles. The lowest BCUT2D eigenvalue weighted by molar-refractivity contribution is 0.120. The molecule has 19 heavy (non-hydrogen) atoms. The van der Waals surface area contributed by atoms with Crippen LogP contribution in [0.4, 0.5) is 0 Å². The van der Waals surface area contributed by atoms with Crippen molar-refractivity contribution in [2.75, 3.05) is 19.6 Å². The van der Waals surface area contributed by atoms with E-state index in [0.29, 0.717) is 12.1 Å². The van der Waals surface area contributed by atoms with E-state index in [1.807, 2.05) is 6.20 Å². The average Bonchev–Trinajstić information content (AvgIpc) is 2.89. The molecule has 1 saturated heterocycles. The molecule has 0 radical (unpaired) electrons. The molecule has 2 atom stereocenters. The van der Waals surface area contributed by atoms with E-state index >= 15 is 0 Å². The fourth-order valence-electron chi connectivity index (χ4n) is 2.95. The van der Waals surface area contributed by atoms with E-state index in [4.69, 9.17) is 0 Å². The molecule has 1 aliphatic heterocycles. The molecule has 0 spiro atoms. The summed E-state index contributed by atoms with van der Waals surface area (Å²) in [5.74, 6) is 0.775. The molecule has 1 fully saturated rings. The van der Waals surface area contributed by atoms with Gasteiger partial charge in [0, 0.05) is 49.7 Å². The zero-order chi connectivity index (χ0) is 13.7. The second-order valence-electron chi connectivity index (χ2n) is 5.97. The molecule has 0 saturated carbocycles. The Morgan fingerprint density at radius 1 is 1.53 bits per heavy atom. The van der Waals surface area contributed by atoms with E-state index in [1.165, 1.54) is 24.4 Å². The summed E-state index contributed by atoms with van der Waals surface area (Å²) in [6.45, 7) is 10.4. The Morgan fingerprint density at radius 2 is 2.37 bits per heavy atom. The summed E-state index contributed by atoms with van der Waals surface area (Å²) in [6, 6.07) is 1.36. The Morgan fingerprint density at radius 3 is 3.00 bits per heavy atom. The first-order valence-corrected chi connectivity index (χ1v) is 8.42. The molecule has 0 aromatic carbocycles. The molecule has 3 nitrogen and oxygen atoms in total. The van der Waals surface area contributed by atoms with Gasteiger partial charge in [0.15, 0.2) is 0 Å². The van der Waals surface area contributed by atoms with Gasteiger partial charge in [-0.25, -0.2) is 4.98 Å². The van der Waals surface area contributed by atoms with Gasteiger partial charge in [-0.1, -0.05) is 20.8 Å². The van der Waals surface area contributed by atoms with Crippen LogP contribution in [0.2, 0.25) is 0 Å². The maximum absolute atomic E-state index is 4.40. The van der Waals surface area contributed by atoms with Crippen molar-refractivity contribution < 1.29 is 0 Å². The number of hydrogen-bond acceptors (Lipinski definition) is 4. The summed E-state index contributed by atoms with van der Waals surface area (Å²) in [6.07, 6.45) is 5.53. The maximum Gasteiger partial charge on any atom is 0.0937 e. The smallest absolute Gasteiger partial charge is 0.0937 e. The standard InChI is InChI=1S/C15H27N3S/c1-4-14-10-17-13(9-12(2)3)11-18(14)7-5-15-16-6-8-19-15/h6,8,12-14,17H,4-5,7,9-11H2,1-3H3. The lowest BCUT2D eigenvalue weighted by Crippen LogP contribution is -2.56. The fourth-order valence-corrected chi connectivity index (χ4v) is 3.56. The van der Waals surface area contributed by atoms with Crippen LogP contribution < -0.4 is 5.32 Å². The predicted molar refractivity (Wildman–Crippen MR) is 82.7 cm³/mol. The molecule has 2 rings (SSSR count). The van der Waals surface area contributed by atoms with Gasteiger partial charge in [0.1, 0.15) is 0 Å². The first-order chi connectivity index (χ1) is 9.19. The second kappa shape index (κ2) is 7.36. The van der Waals surface area contributed by atoms with Crippen LogP contribution >= 0.6 is 11.3 Å². The van der Waals surface area contributed by atoms with Crippen molar-refractivity contribution in [1.29, 1.82) is 0 Å². The number of nitrogens with one attached hydrogen (secondary N) is 1. The topological polar surface area (TPSA) is 28.2 Å². The first-order valence-electron chi connectivity index (χ1n) is 7.54. The number of rotatable bonds is 6. The summed E-state index contributed by atoms with van der Waals surface area (Å²) >= 11 is 1.78. The summed E-state index contributed by atoms with van der Waals surface area (Å²) in [4.78, 5) is 7.07. The highest BCUT2D eigenvalue weighted by Gasteiger charge is 2.26. The molecule has 1 aromatic heterocycles. The van der Waals surface area contributed by atoms with E-state index in [2.05, 4.69) is 41.4 Å². The van der Waals surface area contributed by atoms with Crippen molar-refractivity contribution in [1.82, 2.24) is 15.2 Å². The minimum absolute atomic E-state index is 0.666. The van der Waals surface area contributed by atoms with Gasteiger partial charge < -0.3 is 5.32 Å². The highest BCUT2D eigenvalue weighted by molar-refractivity contribution is 7.09. The minimum atomic E-state index is 0.666. The molecule has 0 bridgehead atoms. The van der Waals surface area contributed by atoms with E-state index in [-0.39, 0.29) is 0 Å². The van der Waals surface area contributed by atoms with Crippen LogP contribution in [-0.4, -0.2) is 41.6 Å². The van der Waals surface area contributed by atoms with Crippen molar-refractivity contribution in [3.05, 3.63) is 16.6 Å². The number of thiazole rings is 1. The van der Waals surface area contributed by atoms with Crippen LogP contribution in [0.25, 0.3) is 0 Å². The zero-order valence-electron chi connectivity index (χ0n) is 12.4. The third-order valence-electron chi connectivity index (χ3n) is 3.94. The molecule has 0 aliphatic carbocycles. The average molecular weight is 281 g/mol. The van der Waals surface area contributed by atoms with Gasteiger partial charge in [-0.15, -0.1) is 11.3 Å². The van der Waals surface area contributed by atoms with E-state index in [1.54, 1.807) is 11.3 Å². The van der Waals surface area contributed by atoms with Crippen molar-refractivity contribution in [2.45, 2.75) is 52.1 Å². The van der Waals surface area contributed by atoms with Crippen LogP contribution in [0.5, 0.6) is 0 Å². The molecule has 1 aromatic rings. The Bertz CT molecular complexity index is 350. The van der Waals surface area contributed by atoms with Gasteiger partial charge in [0.2, 0.25) is 0 Å². The van der Waals surface area contributed by atoms with Gasteiger partial charge >= 0.3 is 0 Å². The van der Waals surface area contributed by atoms with Gasteiger partial charge in [-0.3, -0.25) is 4.90 Å². The van der Waals surface area contributed by atoms with Gasteiger partial charge in [-0.2, -0.15) is 0 Å². The lowest BCUT2D eigenvalue weighted by Gasteiger charge is -2.40. The number of piperazine rings is 1. The van der Waals surface area contributed by atoms with Crippen molar-refractivity contribution >= 4 is 11.3 Å². The van der Waals surface area contributed by atoms with Crippen molar-refractivity contribution in [3.8, 4) is 0 Å². The Labute approximate surface area is 121 Å².